The molecule has 1 aromatic carbocycles. The van der Waals surface area contributed by atoms with E-state index in [1.165, 1.54) is 0 Å². The average Bonchev–Trinajstić information content (AvgIpc) is 2.54. The maximum absolute atomic E-state index is 13.0. The summed E-state index contributed by atoms with van der Waals surface area (Å²) in [5.74, 6) is 0. The van der Waals surface area contributed by atoms with Crippen LogP contribution in [0.4, 0.5) is 0 Å². The lowest BCUT2D eigenvalue weighted by molar-refractivity contribution is 0.299. The van der Waals surface area contributed by atoms with Crippen LogP contribution in [-0.2, 0) is 10.0 Å². The molecule has 0 spiro atoms. The van der Waals surface area contributed by atoms with Crippen molar-refractivity contribution >= 4 is 16.1 Å². The van der Waals surface area contributed by atoms with Crippen LogP contribution >= 0.6 is 0 Å². The number of nitrogens with zero attached hydrogens (tertiary/aromatic N) is 3. The molecular weight excluding hydrogens is 298 g/mol. The molecule has 0 saturated carbocycles. The molecule has 1 atom stereocenters. The van der Waals surface area contributed by atoms with Crippen LogP contribution in [0.3, 0.4) is 0 Å². The van der Waals surface area contributed by atoms with Gasteiger partial charge in [0.15, 0.2) is 0 Å². The van der Waals surface area contributed by atoms with E-state index in [9.17, 15) is 8.42 Å². The molecule has 2 aliphatic rings. The Morgan fingerprint density at radius 1 is 1.23 bits per heavy atom. The van der Waals surface area contributed by atoms with Gasteiger partial charge in [-0.05, 0) is 50.8 Å². The molecule has 0 radical (unpaired) electrons. The van der Waals surface area contributed by atoms with E-state index in [4.69, 9.17) is 0 Å². The van der Waals surface area contributed by atoms with Gasteiger partial charge >= 0.3 is 0 Å². The largest absolute Gasteiger partial charge is 0.660 e. The standard InChI is InChI=1S/C16H22N3O2S/c1-18(2)15-7-3-6-14-13(15)5-4-8-16(14)22(20,21)19-11-9-17-10-12-19/h3-6,8,15H,7,9-12H2,1-2H3/q-1. The maximum atomic E-state index is 13.0. The second kappa shape index (κ2) is 6.12. The Kier molecular flexibility index (Phi) is 4.36. The molecule has 1 heterocycles. The molecule has 1 saturated heterocycles. The molecule has 1 aromatic rings. The topological polar surface area (TPSA) is 54.7 Å². The van der Waals surface area contributed by atoms with Crippen LogP contribution in [0.15, 0.2) is 29.2 Å². The van der Waals surface area contributed by atoms with Crippen molar-refractivity contribution in [2.45, 2.75) is 17.4 Å². The minimum absolute atomic E-state index is 0.228. The summed E-state index contributed by atoms with van der Waals surface area (Å²) in [5.41, 5.74) is 1.94. The van der Waals surface area contributed by atoms with Gasteiger partial charge in [0.1, 0.15) is 0 Å². The number of benzene rings is 1. The lowest BCUT2D eigenvalue weighted by Crippen LogP contribution is -2.39. The molecule has 1 aliphatic heterocycles. The van der Waals surface area contributed by atoms with Crippen molar-refractivity contribution in [1.82, 2.24) is 9.21 Å². The minimum Gasteiger partial charge on any atom is -0.660 e. The first kappa shape index (κ1) is 15.7. The van der Waals surface area contributed by atoms with Gasteiger partial charge < -0.3 is 10.2 Å². The van der Waals surface area contributed by atoms with Crippen LogP contribution < -0.4 is 0 Å². The van der Waals surface area contributed by atoms with Crippen LogP contribution in [-0.4, -0.2) is 57.9 Å². The van der Waals surface area contributed by atoms with Gasteiger partial charge in [0.25, 0.3) is 0 Å². The first-order valence-electron chi connectivity index (χ1n) is 7.61. The molecule has 1 aliphatic carbocycles. The Hall–Kier alpha value is -1.21. The zero-order valence-corrected chi connectivity index (χ0v) is 13.9. The zero-order valence-electron chi connectivity index (χ0n) is 13.1. The van der Waals surface area contributed by atoms with Gasteiger partial charge in [-0.3, -0.25) is 0 Å². The SMILES string of the molecule is CN(C)C1CC=Cc2c1cccc2S(=O)(=O)N1CC[N-]CC1. The van der Waals surface area contributed by atoms with Gasteiger partial charge in [-0.15, -0.1) is 13.1 Å². The smallest absolute Gasteiger partial charge is 0.243 e. The number of hydrogen-bond donors (Lipinski definition) is 0. The van der Waals surface area contributed by atoms with E-state index in [-0.39, 0.29) is 6.04 Å². The zero-order chi connectivity index (χ0) is 15.7. The molecular formula is C16H22N3O2S-. The number of sulfonamides is 1. The Morgan fingerprint density at radius 2 is 1.95 bits per heavy atom. The van der Waals surface area contributed by atoms with E-state index < -0.39 is 10.0 Å². The molecule has 1 fully saturated rings. The lowest BCUT2D eigenvalue weighted by atomic mass is 9.92. The van der Waals surface area contributed by atoms with Crippen LogP contribution in [0.5, 0.6) is 0 Å². The van der Waals surface area contributed by atoms with E-state index >= 15 is 0 Å². The second-order valence-electron chi connectivity index (χ2n) is 5.95. The van der Waals surface area contributed by atoms with Crippen molar-refractivity contribution < 1.29 is 8.42 Å². The third-order valence-electron chi connectivity index (χ3n) is 4.36. The van der Waals surface area contributed by atoms with Crippen molar-refractivity contribution in [3.05, 3.63) is 40.7 Å². The Labute approximate surface area is 132 Å². The monoisotopic (exact) mass is 320 g/mol. The molecule has 0 amide bonds. The normalized spacial score (nSPS) is 22.8. The van der Waals surface area contributed by atoms with Gasteiger partial charge in [-0.25, -0.2) is 12.7 Å². The Bertz CT molecular complexity index is 677. The summed E-state index contributed by atoms with van der Waals surface area (Å²) in [4.78, 5) is 2.56. The van der Waals surface area contributed by atoms with Crippen molar-refractivity contribution in [3.63, 3.8) is 0 Å². The van der Waals surface area contributed by atoms with Crippen LogP contribution in [0.25, 0.3) is 11.4 Å². The fourth-order valence-electron chi connectivity index (χ4n) is 3.15. The summed E-state index contributed by atoms with van der Waals surface area (Å²) in [6, 6.07) is 5.85. The molecule has 6 heteroatoms. The fourth-order valence-corrected chi connectivity index (χ4v) is 4.79. The number of fused-ring (bicyclic) bond motifs is 1. The van der Waals surface area contributed by atoms with Gasteiger partial charge in [0.2, 0.25) is 10.0 Å². The van der Waals surface area contributed by atoms with E-state index in [1.54, 1.807) is 10.4 Å². The third kappa shape index (κ3) is 2.72. The van der Waals surface area contributed by atoms with E-state index in [0.717, 1.165) is 17.5 Å². The Balaban J connectivity index is 2.06. The Morgan fingerprint density at radius 3 is 2.64 bits per heavy atom. The van der Waals surface area contributed by atoms with Crippen LogP contribution in [0.1, 0.15) is 23.6 Å². The van der Waals surface area contributed by atoms with E-state index in [1.807, 2.05) is 32.3 Å². The molecule has 0 bridgehead atoms. The highest BCUT2D eigenvalue weighted by Gasteiger charge is 2.29. The molecule has 22 heavy (non-hydrogen) atoms. The summed E-state index contributed by atoms with van der Waals surface area (Å²) in [6.07, 6.45) is 4.93. The molecule has 5 nitrogen and oxygen atoms in total. The number of rotatable bonds is 3. The third-order valence-corrected chi connectivity index (χ3v) is 6.32. The summed E-state index contributed by atoms with van der Waals surface area (Å²) in [7, 11) is 0.608. The maximum Gasteiger partial charge on any atom is 0.243 e. The predicted octanol–water partition coefficient (Wildman–Crippen LogP) is 2.08. The van der Waals surface area contributed by atoms with Gasteiger partial charge in [-0.1, -0.05) is 24.3 Å². The van der Waals surface area contributed by atoms with E-state index in [0.29, 0.717) is 31.1 Å². The summed E-state index contributed by atoms with van der Waals surface area (Å²) in [6.45, 7) is 2.13. The van der Waals surface area contributed by atoms with Crippen molar-refractivity contribution in [2.75, 3.05) is 40.3 Å². The first-order valence-corrected chi connectivity index (χ1v) is 9.05. The summed E-state index contributed by atoms with van der Waals surface area (Å²) in [5, 5.41) is 4.23. The van der Waals surface area contributed by atoms with Gasteiger partial charge in [0, 0.05) is 6.04 Å². The van der Waals surface area contributed by atoms with Crippen LogP contribution in [0, 0.1) is 0 Å². The average molecular weight is 320 g/mol. The molecule has 0 N–H and O–H groups in total. The van der Waals surface area contributed by atoms with Gasteiger partial charge in [-0.2, -0.15) is 0 Å². The van der Waals surface area contributed by atoms with Crippen molar-refractivity contribution in [1.29, 1.82) is 0 Å². The van der Waals surface area contributed by atoms with Crippen LogP contribution in [0.2, 0.25) is 0 Å². The minimum atomic E-state index is -3.45. The van der Waals surface area contributed by atoms with Crippen molar-refractivity contribution in [3.8, 4) is 0 Å². The highest BCUT2D eigenvalue weighted by atomic mass is 32.2. The lowest BCUT2D eigenvalue weighted by Gasteiger charge is -2.35. The quantitative estimate of drug-likeness (QED) is 0.857. The van der Waals surface area contributed by atoms with Crippen molar-refractivity contribution in [2.24, 2.45) is 0 Å². The summed E-state index contributed by atoms with van der Waals surface area (Å²) >= 11 is 0. The van der Waals surface area contributed by atoms with E-state index in [2.05, 4.69) is 16.3 Å². The highest BCUT2D eigenvalue weighted by Crippen LogP contribution is 2.35. The highest BCUT2D eigenvalue weighted by molar-refractivity contribution is 7.89. The molecule has 3 rings (SSSR count). The summed E-state index contributed by atoms with van der Waals surface area (Å²) < 4.78 is 27.5. The molecule has 120 valence electrons. The molecule has 1 unspecified atom stereocenters. The fraction of sp³-hybridized carbons (Fsp3) is 0.500. The molecule has 0 aromatic heterocycles. The predicted molar refractivity (Wildman–Crippen MR) is 88.4 cm³/mol. The first-order chi connectivity index (χ1) is 10.5. The number of piperazine rings is 1. The number of hydrogen-bond acceptors (Lipinski definition) is 3. The van der Waals surface area contributed by atoms with Gasteiger partial charge in [0.05, 0.1) is 4.90 Å². The second-order valence-corrected chi connectivity index (χ2v) is 7.86.